The van der Waals surface area contributed by atoms with E-state index in [1.54, 1.807) is 0 Å². The van der Waals surface area contributed by atoms with Crippen molar-refractivity contribution >= 4 is 11.8 Å². The van der Waals surface area contributed by atoms with E-state index in [2.05, 4.69) is 0 Å². The number of fused-ring (bicyclic) bond motifs is 1. The lowest BCUT2D eigenvalue weighted by atomic mass is 10.2. The number of hydrogen-bond donors (Lipinski definition) is 0. The Labute approximate surface area is 102 Å². The van der Waals surface area contributed by atoms with Gasteiger partial charge in [-0.25, -0.2) is 0 Å². The van der Waals surface area contributed by atoms with Crippen LogP contribution in [-0.4, -0.2) is 27.7 Å². The van der Waals surface area contributed by atoms with Gasteiger partial charge in [0.15, 0.2) is 0 Å². The lowest BCUT2D eigenvalue weighted by Crippen LogP contribution is -2.36. The predicted octanol–water partition coefficient (Wildman–Crippen LogP) is 0.447. The molecule has 1 saturated carbocycles. The highest BCUT2D eigenvalue weighted by molar-refractivity contribution is 6.10. The molecule has 1 aliphatic carbocycles. The molecule has 92 valence electrons. The van der Waals surface area contributed by atoms with E-state index in [1.165, 1.54) is 0 Å². The van der Waals surface area contributed by atoms with Crippen molar-refractivity contribution in [3.63, 3.8) is 0 Å². The van der Waals surface area contributed by atoms with Crippen molar-refractivity contribution in [2.24, 2.45) is 11.8 Å². The maximum atomic E-state index is 11.9. The van der Waals surface area contributed by atoms with Crippen molar-refractivity contribution in [1.29, 1.82) is 0 Å². The number of amides is 2. The minimum Gasteiger partial charge on any atom is -0.277 e. The SMILES string of the molecule is O=C1[C@H]2C([N+](=O)[O-])[C@@H]2C(=O)N1Cc1ccccc1. The number of carbonyl (C=O) groups is 2. The van der Waals surface area contributed by atoms with Gasteiger partial charge >= 0.3 is 0 Å². The molecule has 1 saturated heterocycles. The van der Waals surface area contributed by atoms with Gasteiger partial charge in [0.1, 0.15) is 11.8 Å². The predicted molar refractivity (Wildman–Crippen MR) is 59.8 cm³/mol. The molecule has 2 aliphatic rings. The Kier molecular flexibility index (Phi) is 2.19. The largest absolute Gasteiger partial charge is 0.277 e. The summed E-state index contributed by atoms with van der Waals surface area (Å²) in [6, 6.07) is 8.13. The average molecular weight is 246 g/mol. The zero-order valence-corrected chi connectivity index (χ0v) is 9.35. The highest BCUT2D eigenvalue weighted by atomic mass is 16.6. The first-order valence-electron chi connectivity index (χ1n) is 5.64. The number of likely N-dealkylation sites (tertiary alicyclic amines) is 1. The van der Waals surface area contributed by atoms with Gasteiger partial charge in [-0.05, 0) is 5.56 Å². The summed E-state index contributed by atoms with van der Waals surface area (Å²) < 4.78 is 0. The Bertz CT molecular complexity index is 520. The summed E-state index contributed by atoms with van der Waals surface area (Å²) >= 11 is 0. The highest BCUT2D eigenvalue weighted by Crippen LogP contribution is 2.49. The second kappa shape index (κ2) is 3.63. The van der Waals surface area contributed by atoms with E-state index in [4.69, 9.17) is 0 Å². The number of imide groups is 1. The molecule has 6 heteroatoms. The van der Waals surface area contributed by atoms with Gasteiger partial charge in [-0.3, -0.25) is 24.6 Å². The molecule has 1 aromatic rings. The summed E-state index contributed by atoms with van der Waals surface area (Å²) in [5.41, 5.74) is 0.846. The number of nitro groups is 1. The lowest BCUT2D eigenvalue weighted by molar-refractivity contribution is -0.500. The van der Waals surface area contributed by atoms with Crippen molar-refractivity contribution in [3.8, 4) is 0 Å². The summed E-state index contributed by atoms with van der Waals surface area (Å²) in [5.74, 6) is -2.27. The van der Waals surface area contributed by atoms with Crippen molar-refractivity contribution < 1.29 is 14.5 Å². The fourth-order valence-electron chi connectivity index (χ4n) is 2.55. The standard InChI is InChI=1S/C12H10N2O4/c15-11-8-9(10(8)14(17)18)12(16)13(11)6-7-4-2-1-3-5-7/h1-5,8-10H,6H2/t8-,9-/m1/s1. The molecule has 0 spiro atoms. The van der Waals surface area contributed by atoms with E-state index >= 15 is 0 Å². The summed E-state index contributed by atoms with van der Waals surface area (Å²) in [4.78, 5) is 35.0. The van der Waals surface area contributed by atoms with E-state index in [1.807, 2.05) is 30.3 Å². The molecule has 2 fully saturated rings. The lowest BCUT2D eigenvalue weighted by Gasteiger charge is -2.16. The summed E-state index contributed by atoms with van der Waals surface area (Å²) in [6.07, 6.45) is 0. The molecule has 2 amide bonds. The molecule has 2 atom stereocenters. The first-order chi connectivity index (χ1) is 8.61. The highest BCUT2D eigenvalue weighted by Gasteiger charge is 2.75. The number of carbonyl (C=O) groups excluding carboxylic acids is 2. The van der Waals surface area contributed by atoms with Crippen LogP contribution in [0.5, 0.6) is 0 Å². The Balaban J connectivity index is 1.76. The second-order valence-electron chi connectivity index (χ2n) is 4.58. The van der Waals surface area contributed by atoms with E-state index in [-0.39, 0.29) is 6.54 Å². The molecule has 6 nitrogen and oxygen atoms in total. The zero-order chi connectivity index (χ0) is 12.9. The molecule has 3 rings (SSSR count). The quantitative estimate of drug-likeness (QED) is 0.440. The van der Waals surface area contributed by atoms with Gasteiger partial charge in [0.2, 0.25) is 17.9 Å². The zero-order valence-electron chi connectivity index (χ0n) is 9.35. The number of piperidine rings is 1. The van der Waals surface area contributed by atoms with Crippen LogP contribution in [0.25, 0.3) is 0 Å². The fraction of sp³-hybridized carbons (Fsp3) is 0.333. The number of benzene rings is 1. The van der Waals surface area contributed by atoms with Crippen molar-refractivity contribution in [2.45, 2.75) is 12.6 Å². The summed E-state index contributed by atoms with van der Waals surface area (Å²) in [6.45, 7) is 0.204. The molecule has 1 aromatic carbocycles. The topological polar surface area (TPSA) is 80.5 Å². The van der Waals surface area contributed by atoms with Crippen LogP contribution in [0.4, 0.5) is 0 Å². The third-order valence-corrected chi connectivity index (χ3v) is 3.51. The van der Waals surface area contributed by atoms with Gasteiger partial charge in [-0.15, -0.1) is 0 Å². The number of hydrogen-bond acceptors (Lipinski definition) is 4. The van der Waals surface area contributed by atoms with Crippen molar-refractivity contribution in [1.82, 2.24) is 4.90 Å². The van der Waals surface area contributed by atoms with Gasteiger partial charge in [0.05, 0.1) is 6.54 Å². The van der Waals surface area contributed by atoms with Gasteiger partial charge in [-0.1, -0.05) is 30.3 Å². The second-order valence-corrected chi connectivity index (χ2v) is 4.58. The van der Waals surface area contributed by atoms with Gasteiger partial charge < -0.3 is 0 Å². The smallest absolute Gasteiger partial charge is 0.240 e. The Morgan fingerprint density at radius 3 is 2.17 bits per heavy atom. The van der Waals surface area contributed by atoms with Crippen LogP contribution in [0.15, 0.2) is 30.3 Å². The van der Waals surface area contributed by atoms with Gasteiger partial charge in [0, 0.05) is 4.92 Å². The number of nitrogens with zero attached hydrogens (tertiary/aromatic N) is 2. The summed E-state index contributed by atoms with van der Waals surface area (Å²) in [5, 5.41) is 10.6. The van der Waals surface area contributed by atoms with E-state index in [0.29, 0.717) is 0 Å². The first-order valence-corrected chi connectivity index (χ1v) is 5.64. The third-order valence-electron chi connectivity index (χ3n) is 3.51. The first kappa shape index (κ1) is 10.9. The van der Waals surface area contributed by atoms with E-state index in [0.717, 1.165) is 10.5 Å². The molecular weight excluding hydrogens is 236 g/mol. The average Bonchev–Trinajstić information content (AvgIpc) is 3.05. The maximum Gasteiger partial charge on any atom is 0.240 e. The van der Waals surface area contributed by atoms with Crippen LogP contribution in [0.2, 0.25) is 0 Å². The monoisotopic (exact) mass is 246 g/mol. The third kappa shape index (κ3) is 1.42. The molecule has 0 radical (unpaired) electrons. The van der Waals surface area contributed by atoms with Crippen LogP contribution in [-0.2, 0) is 16.1 Å². The molecule has 1 heterocycles. The van der Waals surface area contributed by atoms with Crippen LogP contribution >= 0.6 is 0 Å². The summed E-state index contributed by atoms with van der Waals surface area (Å²) in [7, 11) is 0. The molecule has 0 unspecified atom stereocenters. The molecular formula is C12H10N2O4. The molecule has 0 aromatic heterocycles. The van der Waals surface area contributed by atoms with Crippen molar-refractivity contribution in [3.05, 3.63) is 46.0 Å². The van der Waals surface area contributed by atoms with E-state index in [9.17, 15) is 19.7 Å². The Morgan fingerprint density at radius 1 is 1.11 bits per heavy atom. The Hall–Kier alpha value is -2.24. The Morgan fingerprint density at radius 2 is 1.67 bits per heavy atom. The van der Waals surface area contributed by atoms with Gasteiger partial charge in [-0.2, -0.15) is 0 Å². The fourth-order valence-corrected chi connectivity index (χ4v) is 2.55. The van der Waals surface area contributed by atoms with Crippen LogP contribution in [0.1, 0.15) is 5.56 Å². The maximum absolute atomic E-state index is 11.9. The molecule has 0 N–H and O–H groups in total. The molecule has 18 heavy (non-hydrogen) atoms. The molecule has 0 bridgehead atoms. The van der Waals surface area contributed by atoms with Crippen LogP contribution in [0, 0.1) is 22.0 Å². The van der Waals surface area contributed by atoms with Gasteiger partial charge in [0.25, 0.3) is 0 Å². The van der Waals surface area contributed by atoms with E-state index < -0.39 is 34.6 Å². The minimum atomic E-state index is -0.989. The van der Waals surface area contributed by atoms with Crippen molar-refractivity contribution in [2.75, 3.05) is 0 Å². The normalized spacial score (nSPS) is 29.3. The van der Waals surface area contributed by atoms with Crippen LogP contribution < -0.4 is 0 Å². The van der Waals surface area contributed by atoms with Crippen LogP contribution in [0.3, 0.4) is 0 Å². The number of rotatable bonds is 3. The molecule has 1 aliphatic heterocycles. The minimum absolute atomic E-state index is 0.204.